The molecule has 0 bridgehead atoms. The van der Waals surface area contributed by atoms with E-state index in [4.69, 9.17) is 8.83 Å². The highest BCUT2D eigenvalue weighted by molar-refractivity contribution is 6.07. The summed E-state index contributed by atoms with van der Waals surface area (Å²) in [5.74, 6) is 0.168. The molecule has 1 aliphatic heterocycles. The molecule has 7 nitrogen and oxygen atoms in total. The summed E-state index contributed by atoms with van der Waals surface area (Å²) in [5, 5.41) is 4.98. The van der Waals surface area contributed by atoms with Gasteiger partial charge in [0.2, 0.25) is 5.91 Å². The van der Waals surface area contributed by atoms with Crippen molar-refractivity contribution >= 4 is 39.4 Å². The lowest BCUT2D eigenvalue weighted by Crippen LogP contribution is -2.50. The fourth-order valence-corrected chi connectivity index (χ4v) is 3.87. The zero-order valence-electron chi connectivity index (χ0n) is 16.3. The van der Waals surface area contributed by atoms with Crippen LogP contribution in [-0.4, -0.2) is 54.3 Å². The Labute approximate surface area is 172 Å². The summed E-state index contributed by atoms with van der Waals surface area (Å²) in [6.45, 7) is 2.71. The molecule has 0 unspecified atom stereocenters. The van der Waals surface area contributed by atoms with Crippen LogP contribution < -0.4 is 5.32 Å². The minimum absolute atomic E-state index is 0.0760. The second-order valence-corrected chi connectivity index (χ2v) is 7.40. The third-order valence-electron chi connectivity index (χ3n) is 5.42. The minimum Gasteiger partial charge on any atom is -0.459 e. The summed E-state index contributed by atoms with van der Waals surface area (Å²) in [4.78, 5) is 28.7. The number of piperazine rings is 1. The van der Waals surface area contributed by atoms with Crippen LogP contribution >= 0.6 is 0 Å². The highest BCUT2D eigenvalue weighted by Crippen LogP contribution is 2.30. The summed E-state index contributed by atoms with van der Waals surface area (Å²) in [6.07, 6.45) is 1.50. The first-order chi connectivity index (χ1) is 14.7. The van der Waals surface area contributed by atoms with Crippen LogP contribution in [0.15, 0.2) is 69.7 Å². The second kappa shape index (κ2) is 7.68. The van der Waals surface area contributed by atoms with Gasteiger partial charge in [0.15, 0.2) is 5.76 Å². The van der Waals surface area contributed by atoms with E-state index in [1.54, 1.807) is 17.0 Å². The van der Waals surface area contributed by atoms with Gasteiger partial charge in [-0.15, -0.1) is 0 Å². The standard InChI is InChI=1S/C23H21N3O4/c27-22(15-25-9-11-26(12-10-25)23(28)21-6-3-13-29-21)24-16-7-8-20-18(14-16)17-4-1-2-5-19(17)30-20/h1-8,13-14H,9-12,15H2,(H,24,27). The lowest BCUT2D eigenvalue weighted by Gasteiger charge is -2.33. The fraction of sp³-hybridized carbons (Fsp3) is 0.217. The SMILES string of the molecule is O=C(CN1CCN(C(=O)c2ccco2)CC1)Nc1ccc2oc3ccccc3c2c1. The van der Waals surface area contributed by atoms with Crippen molar-refractivity contribution in [3.8, 4) is 0 Å². The van der Waals surface area contributed by atoms with Gasteiger partial charge >= 0.3 is 0 Å². The van der Waals surface area contributed by atoms with Gasteiger partial charge in [-0.25, -0.2) is 0 Å². The summed E-state index contributed by atoms with van der Waals surface area (Å²) >= 11 is 0. The molecule has 3 heterocycles. The Bertz CT molecular complexity index is 1200. The molecule has 30 heavy (non-hydrogen) atoms. The van der Waals surface area contributed by atoms with Crippen molar-refractivity contribution in [2.75, 3.05) is 38.0 Å². The second-order valence-electron chi connectivity index (χ2n) is 7.40. The molecule has 2 aromatic carbocycles. The highest BCUT2D eigenvalue weighted by atomic mass is 16.3. The smallest absolute Gasteiger partial charge is 0.289 e. The number of anilines is 1. The van der Waals surface area contributed by atoms with E-state index in [0.717, 1.165) is 27.6 Å². The summed E-state index contributed by atoms with van der Waals surface area (Å²) < 4.78 is 11.0. The number of benzene rings is 2. The van der Waals surface area contributed by atoms with E-state index in [2.05, 4.69) is 5.32 Å². The first-order valence-corrected chi connectivity index (χ1v) is 9.94. The number of para-hydroxylation sites is 1. The van der Waals surface area contributed by atoms with E-state index in [1.807, 2.05) is 47.4 Å². The molecule has 2 amide bonds. The number of hydrogen-bond donors (Lipinski definition) is 1. The van der Waals surface area contributed by atoms with E-state index in [9.17, 15) is 9.59 Å². The van der Waals surface area contributed by atoms with Crippen LogP contribution in [0.2, 0.25) is 0 Å². The number of nitrogens with one attached hydrogen (secondary N) is 1. The number of fused-ring (bicyclic) bond motifs is 3. The van der Waals surface area contributed by atoms with E-state index < -0.39 is 0 Å². The first kappa shape index (κ1) is 18.4. The predicted molar refractivity (Wildman–Crippen MR) is 113 cm³/mol. The molecule has 0 atom stereocenters. The Morgan fingerprint density at radius 3 is 2.50 bits per heavy atom. The molecule has 0 radical (unpaired) electrons. The average molecular weight is 403 g/mol. The van der Waals surface area contributed by atoms with E-state index >= 15 is 0 Å². The van der Waals surface area contributed by atoms with Crippen LogP contribution in [0.4, 0.5) is 5.69 Å². The quantitative estimate of drug-likeness (QED) is 0.564. The van der Waals surface area contributed by atoms with Crippen molar-refractivity contribution in [1.82, 2.24) is 9.80 Å². The summed E-state index contributed by atoms with van der Waals surface area (Å²) in [7, 11) is 0. The molecule has 5 rings (SSSR count). The van der Waals surface area contributed by atoms with Gasteiger partial charge in [0.1, 0.15) is 11.2 Å². The van der Waals surface area contributed by atoms with Crippen LogP contribution in [0.5, 0.6) is 0 Å². The number of carbonyl (C=O) groups excluding carboxylic acids is 2. The Morgan fingerprint density at radius 1 is 0.900 bits per heavy atom. The molecule has 1 saturated heterocycles. The molecular formula is C23H21N3O4. The number of nitrogens with zero attached hydrogens (tertiary/aromatic N) is 2. The molecule has 1 aliphatic rings. The number of hydrogen-bond acceptors (Lipinski definition) is 5. The van der Waals surface area contributed by atoms with E-state index in [-0.39, 0.29) is 18.4 Å². The summed E-state index contributed by atoms with van der Waals surface area (Å²) in [5.41, 5.74) is 2.37. The van der Waals surface area contributed by atoms with Gasteiger partial charge in [-0.05, 0) is 36.4 Å². The third kappa shape index (κ3) is 3.55. The largest absolute Gasteiger partial charge is 0.459 e. The minimum atomic E-state index is -0.107. The average Bonchev–Trinajstić information content (AvgIpc) is 3.42. The van der Waals surface area contributed by atoms with Crippen molar-refractivity contribution in [2.45, 2.75) is 0 Å². The normalized spacial score (nSPS) is 15.0. The maximum absolute atomic E-state index is 12.5. The van der Waals surface area contributed by atoms with Crippen molar-refractivity contribution in [3.05, 3.63) is 66.6 Å². The topological polar surface area (TPSA) is 78.9 Å². The van der Waals surface area contributed by atoms with Crippen molar-refractivity contribution < 1.29 is 18.4 Å². The molecule has 2 aromatic heterocycles. The molecule has 152 valence electrons. The Balaban J connectivity index is 1.19. The Kier molecular flexibility index (Phi) is 4.72. The molecule has 7 heteroatoms. The van der Waals surface area contributed by atoms with Gasteiger partial charge in [-0.3, -0.25) is 14.5 Å². The zero-order chi connectivity index (χ0) is 20.5. The third-order valence-corrected chi connectivity index (χ3v) is 5.42. The monoisotopic (exact) mass is 403 g/mol. The van der Waals surface area contributed by atoms with Crippen LogP contribution in [0.3, 0.4) is 0 Å². The molecule has 4 aromatic rings. The highest BCUT2D eigenvalue weighted by Gasteiger charge is 2.24. The van der Waals surface area contributed by atoms with Gasteiger partial charge in [0.25, 0.3) is 5.91 Å². The Hall–Kier alpha value is -3.58. The lowest BCUT2D eigenvalue weighted by atomic mass is 10.1. The van der Waals surface area contributed by atoms with Crippen LogP contribution in [0.25, 0.3) is 21.9 Å². The maximum Gasteiger partial charge on any atom is 0.289 e. The van der Waals surface area contributed by atoms with Crippen LogP contribution in [-0.2, 0) is 4.79 Å². The number of furan rings is 2. The number of carbonyl (C=O) groups is 2. The molecule has 0 aliphatic carbocycles. The fourth-order valence-electron chi connectivity index (χ4n) is 3.87. The van der Waals surface area contributed by atoms with Crippen molar-refractivity contribution in [3.63, 3.8) is 0 Å². The Morgan fingerprint density at radius 2 is 1.70 bits per heavy atom. The predicted octanol–water partition coefficient (Wildman–Crippen LogP) is 3.58. The number of rotatable bonds is 4. The lowest BCUT2D eigenvalue weighted by molar-refractivity contribution is -0.117. The zero-order valence-corrected chi connectivity index (χ0v) is 16.3. The van der Waals surface area contributed by atoms with Gasteiger partial charge in [-0.1, -0.05) is 18.2 Å². The van der Waals surface area contributed by atoms with Crippen LogP contribution in [0, 0.1) is 0 Å². The molecule has 1 N–H and O–H groups in total. The maximum atomic E-state index is 12.5. The molecule has 1 fully saturated rings. The first-order valence-electron chi connectivity index (χ1n) is 9.94. The van der Waals surface area contributed by atoms with Crippen LogP contribution in [0.1, 0.15) is 10.6 Å². The molecule has 0 spiro atoms. The van der Waals surface area contributed by atoms with Gasteiger partial charge in [-0.2, -0.15) is 0 Å². The molecule has 0 saturated carbocycles. The van der Waals surface area contributed by atoms with Gasteiger partial charge < -0.3 is 19.1 Å². The van der Waals surface area contributed by atoms with Crippen molar-refractivity contribution in [2.24, 2.45) is 0 Å². The van der Waals surface area contributed by atoms with Crippen molar-refractivity contribution in [1.29, 1.82) is 0 Å². The number of amides is 2. The summed E-state index contributed by atoms with van der Waals surface area (Å²) in [6, 6.07) is 16.9. The van der Waals surface area contributed by atoms with Gasteiger partial charge in [0.05, 0.1) is 12.8 Å². The van der Waals surface area contributed by atoms with E-state index in [0.29, 0.717) is 31.9 Å². The molecular weight excluding hydrogens is 382 g/mol. The van der Waals surface area contributed by atoms with Gasteiger partial charge in [0, 0.05) is 42.6 Å². The van der Waals surface area contributed by atoms with E-state index in [1.165, 1.54) is 6.26 Å².